The molecule has 0 bridgehead atoms. The molecule has 30 heavy (non-hydrogen) atoms. The Morgan fingerprint density at radius 3 is 1.70 bits per heavy atom. The molecule has 0 aliphatic heterocycles. The molecule has 0 radical (unpaired) electrons. The quantitative estimate of drug-likeness (QED) is 0.426. The Morgan fingerprint density at radius 1 is 0.800 bits per heavy atom. The first-order valence-corrected chi connectivity index (χ1v) is 9.76. The van der Waals surface area contributed by atoms with E-state index < -0.39 is 11.7 Å². The van der Waals surface area contributed by atoms with Crippen molar-refractivity contribution in [1.82, 2.24) is 0 Å². The van der Waals surface area contributed by atoms with E-state index in [-0.39, 0.29) is 6.61 Å². The maximum absolute atomic E-state index is 9.85. The number of aliphatic hydroxyl groups excluding tert-OH is 1. The highest BCUT2D eigenvalue weighted by Gasteiger charge is 2.37. The fourth-order valence-corrected chi connectivity index (χ4v) is 3.48. The van der Waals surface area contributed by atoms with E-state index >= 15 is 0 Å². The molecule has 0 fully saturated rings. The van der Waals surface area contributed by atoms with E-state index in [0.717, 1.165) is 28.2 Å². The second kappa shape index (κ2) is 9.98. The summed E-state index contributed by atoms with van der Waals surface area (Å²) in [7, 11) is 3.28. The minimum atomic E-state index is -0.895. The van der Waals surface area contributed by atoms with Crippen LogP contribution in [0.4, 0.5) is 0 Å². The van der Waals surface area contributed by atoms with E-state index in [4.69, 9.17) is 20.6 Å². The lowest BCUT2D eigenvalue weighted by atomic mass is 9.80. The van der Waals surface area contributed by atoms with Gasteiger partial charge in [0.2, 0.25) is 0 Å². The molecule has 3 rings (SSSR count). The van der Waals surface area contributed by atoms with Crippen molar-refractivity contribution in [3.63, 3.8) is 0 Å². The van der Waals surface area contributed by atoms with Crippen molar-refractivity contribution in [2.45, 2.75) is 18.1 Å². The Hall–Kier alpha value is -3.26. The number of hydrogen-bond acceptors (Lipinski definition) is 4. The lowest BCUT2D eigenvalue weighted by molar-refractivity contribution is 0.000760. The van der Waals surface area contributed by atoms with Crippen molar-refractivity contribution in [1.29, 1.82) is 0 Å². The number of benzene rings is 3. The minimum absolute atomic E-state index is 0.276. The molecule has 0 aromatic heterocycles. The Balaban J connectivity index is 2.16. The summed E-state index contributed by atoms with van der Waals surface area (Å²) in [5.74, 6) is 3.87. The van der Waals surface area contributed by atoms with Crippen LogP contribution in [0.15, 0.2) is 78.9 Å². The average molecular weight is 402 g/mol. The van der Waals surface area contributed by atoms with E-state index in [1.54, 1.807) is 14.2 Å². The molecule has 0 aliphatic carbocycles. The van der Waals surface area contributed by atoms with Gasteiger partial charge in [-0.3, -0.25) is 0 Å². The van der Waals surface area contributed by atoms with Crippen LogP contribution in [0.3, 0.4) is 0 Å². The van der Waals surface area contributed by atoms with Gasteiger partial charge in [0.15, 0.2) is 0 Å². The zero-order valence-corrected chi connectivity index (χ0v) is 17.2. The molecule has 0 heterocycles. The summed E-state index contributed by atoms with van der Waals surface area (Å²) in [6, 6.07) is 25.6. The molecule has 0 amide bonds. The van der Waals surface area contributed by atoms with Gasteiger partial charge in [0.1, 0.15) is 23.2 Å². The van der Waals surface area contributed by atoms with Crippen LogP contribution in [0.1, 0.15) is 23.1 Å². The predicted molar refractivity (Wildman–Crippen MR) is 118 cm³/mol. The van der Waals surface area contributed by atoms with Crippen LogP contribution in [0.5, 0.6) is 11.5 Å². The summed E-state index contributed by atoms with van der Waals surface area (Å²) in [5, 5.41) is 9.85. The summed E-state index contributed by atoms with van der Waals surface area (Å²) >= 11 is 0. The molecule has 0 saturated heterocycles. The van der Waals surface area contributed by atoms with Crippen LogP contribution in [-0.4, -0.2) is 32.0 Å². The highest BCUT2D eigenvalue weighted by Crippen LogP contribution is 2.41. The van der Waals surface area contributed by atoms with Gasteiger partial charge in [0.25, 0.3) is 0 Å². The first-order chi connectivity index (χ1) is 14.6. The van der Waals surface area contributed by atoms with Crippen LogP contribution in [0, 0.1) is 12.3 Å². The molecule has 3 aromatic rings. The van der Waals surface area contributed by atoms with Gasteiger partial charge < -0.3 is 19.3 Å². The molecule has 0 aliphatic rings. The molecule has 0 spiro atoms. The topological polar surface area (TPSA) is 47.9 Å². The third kappa shape index (κ3) is 4.49. The van der Waals surface area contributed by atoms with Crippen molar-refractivity contribution in [2.24, 2.45) is 0 Å². The second-order valence-corrected chi connectivity index (χ2v) is 6.82. The molecule has 4 nitrogen and oxygen atoms in total. The third-order valence-electron chi connectivity index (χ3n) is 5.08. The molecule has 1 N–H and O–H groups in total. The van der Waals surface area contributed by atoms with Gasteiger partial charge in [0, 0.05) is 6.42 Å². The highest BCUT2D eigenvalue weighted by molar-refractivity contribution is 5.49. The van der Waals surface area contributed by atoms with E-state index in [1.165, 1.54) is 0 Å². The fourth-order valence-electron chi connectivity index (χ4n) is 3.48. The number of rotatable bonds is 9. The molecule has 3 aromatic carbocycles. The number of terminal acetylenes is 1. The Labute approximate surface area is 178 Å². The van der Waals surface area contributed by atoms with E-state index in [0.29, 0.717) is 6.42 Å². The first-order valence-electron chi connectivity index (χ1n) is 9.76. The standard InChI is InChI=1S/C26H26O4/c1-4-23(27)18-19-30-26(20-8-6-5-7-9-20,21-10-14-24(28-2)15-11-21)22-12-16-25(29-3)17-13-22/h1,5-17,23,27H,18-19H2,2-3H3/t23-/m1/s1. The monoisotopic (exact) mass is 402 g/mol. The first kappa shape index (κ1) is 21.4. The van der Waals surface area contributed by atoms with Crippen molar-refractivity contribution < 1.29 is 19.3 Å². The lowest BCUT2D eigenvalue weighted by Crippen LogP contribution is -2.34. The van der Waals surface area contributed by atoms with Gasteiger partial charge in [-0.2, -0.15) is 0 Å². The van der Waals surface area contributed by atoms with Crippen LogP contribution in [0.2, 0.25) is 0 Å². The number of aliphatic hydroxyl groups is 1. The maximum atomic E-state index is 9.85. The van der Waals surface area contributed by atoms with Gasteiger partial charge in [-0.25, -0.2) is 0 Å². The van der Waals surface area contributed by atoms with Gasteiger partial charge in [-0.05, 0) is 41.0 Å². The van der Waals surface area contributed by atoms with Crippen LogP contribution >= 0.6 is 0 Å². The van der Waals surface area contributed by atoms with Crippen molar-refractivity contribution in [2.75, 3.05) is 20.8 Å². The number of hydrogen-bond donors (Lipinski definition) is 1. The zero-order chi connectivity index (χ0) is 21.4. The van der Waals surface area contributed by atoms with Crippen molar-refractivity contribution in [3.05, 3.63) is 95.6 Å². The molecule has 154 valence electrons. The zero-order valence-electron chi connectivity index (χ0n) is 17.2. The fraction of sp³-hybridized carbons (Fsp3) is 0.231. The molecular weight excluding hydrogens is 376 g/mol. The minimum Gasteiger partial charge on any atom is -0.497 e. The van der Waals surface area contributed by atoms with E-state index in [1.807, 2.05) is 78.9 Å². The molecule has 0 unspecified atom stereocenters. The predicted octanol–water partition coefficient (Wildman–Crippen LogP) is 4.40. The summed E-state index contributed by atoms with van der Waals surface area (Å²) in [4.78, 5) is 0. The van der Waals surface area contributed by atoms with Crippen molar-refractivity contribution >= 4 is 0 Å². The van der Waals surface area contributed by atoms with Crippen molar-refractivity contribution in [3.8, 4) is 23.8 Å². The number of methoxy groups -OCH3 is 2. The van der Waals surface area contributed by atoms with Gasteiger partial charge >= 0.3 is 0 Å². The second-order valence-electron chi connectivity index (χ2n) is 6.82. The molecule has 0 saturated carbocycles. The van der Waals surface area contributed by atoms with Gasteiger partial charge in [-0.1, -0.05) is 60.5 Å². The lowest BCUT2D eigenvalue weighted by Gasteiger charge is -2.36. The van der Waals surface area contributed by atoms with Crippen LogP contribution < -0.4 is 9.47 Å². The van der Waals surface area contributed by atoms with E-state index in [9.17, 15) is 5.11 Å². The van der Waals surface area contributed by atoms with Crippen LogP contribution in [-0.2, 0) is 10.3 Å². The Bertz CT molecular complexity index is 909. The Morgan fingerprint density at radius 2 is 1.27 bits per heavy atom. The molecule has 4 heteroatoms. The smallest absolute Gasteiger partial charge is 0.143 e. The molecule has 1 atom stereocenters. The normalized spacial score (nSPS) is 12.1. The average Bonchev–Trinajstić information content (AvgIpc) is 2.82. The van der Waals surface area contributed by atoms with Gasteiger partial charge in [0.05, 0.1) is 20.8 Å². The third-order valence-corrected chi connectivity index (χ3v) is 5.08. The van der Waals surface area contributed by atoms with Crippen LogP contribution in [0.25, 0.3) is 0 Å². The summed E-state index contributed by atoms with van der Waals surface area (Å²) in [6.45, 7) is 0.276. The SMILES string of the molecule is C#C[C@@H](O)CCOC(c1ccccc1)(c1ccc(OC)cc1)c1ccc(OC)cc1. The largest absolute Gasteiger partial charge is 0.497 e. The molecular formula is C26H26O4. The Kier molecular flexibility index (Phi) is 7.13. The summed E-state index contributed by atoms with van der Waals surface area (Å²) < 4.78 is 17.2. The van der Waals surface area contributed by atoms with Gasteiger partial charge in [-0.15, -0.1) is 6.42 Å². The summed E-state index contributed by atoms with van der Waals surface area (Å²) in [6.07, 6.45) is 4.81. The maximum Gasteiger partial charge on any atom is 0.143 e. The highest BCUT2D eigenvalue weighted by atomic mass is 16.5. The van der Waals surface area contributed by atoms with E-state index in [2.05, 4.69) is 5.92 Å². The summed E-state index contributed by atoms with van der Waals surface area (Å²) in [5.41, 5.74) is 1.95. The number of ether oxygens (including phenoxy) is 3.